The minimum absolute atomic E-state index is 0.0221. The number of hydrogen-bond donors (Lipinski definition) is 1. The minimum atomic E-state index is -0.393. The number of carbonyl (C=O) groups is 2. The molecule has 378 valence electrons. The third-order valence-electron chi connectivity index (χ3n) is 12.6. The standard InChI is InChI=1S/C34H41NO4.C29H33NO3/c1-3-28(26-27-14-7-5-8-15-27)33(29-16-9-6-10-17-29)30-19-21-31(22-20-30)35(34(36)37-4-2)23-13-25-39-32-18-11-12-24-38-32;1-3-24(22-23-12-7-5-8-13-23)28(25-14-9-6-10-15-25)26-16-18-27(19-17-26)30(20-11-21-31)29(32)33-4-2/h5-10,14-17,19-22,32H,3-4,11-13,18,23-26H2,1-2H3;5-10,12-19,31H,3-4,11,20-22H2,1-2H3. The Morgan fingerprint density at radius 3 is 1.31 bits per heavy atom. The molecule has 1 N–H and O–H groups in total. The SMILES string of the molecule is CCOC(=O)N(CCCO)c1ccc(C(=C(CC)Cc2ccccc2)c2ccccc2)cc1.CCOC(=O)N(CCCOC1CCCCO1)c1ccc(C(=C(CC)Cc2ccccc2)c2ccccc2)cc1. The van der Waals surface area contributed by atoms with Gasteiger partial charge >= 0.3 is 12.2 Å². The third kappa shape index (κ3) is 16.4. The zero-order valence-electron chi connectivity index (χ0n) is 42.8. The van der Waals surface area contributed by atoms with Gasteiger partial charge in [0.1, 0.15) is 0 Å². The Hall–Kier alpha value is -6.78. The molecule has 9 heteroatoms. The highest BCUT2D eigenvalue weighted by Crippen LogP contribution is 2.34. The van der Waals surface area contributed by atoms with Crippen LogP contribution in [-0.4, -0.2) is 69.7 Å². The third-order valence-corrected chi connectivity index (χ3v) is 12.6. The largest absolute Gasteiger partial charge is 0.449 e. The van der Waals surface area contributed by atoms with E-state index in [1.165, 1.54) is 44.5 Å². The smallest absolute Gasteiger partial charge is 0.414 e. The Bertz CT molecular complexity index is 2560. The molecule has 1 atom stereocenters. The molecule has 72 heavy (non-hydrogen) atoms. The first kappa shape index (κ1) is 54.6. The second kappa shape index (κ2) is 30.2. The molecule has 0 spiro atoms. The molecular weight excluding hydrogens is 897 g/mol. The molecule has 7 rings (SSSR count). The summed E-state index contributed by atoms with van der Waals surface area (Å²) >= 11 is 0. The molecule has 1 fully saturated rings. The van der Waals surface area contributed by atoms with Crippen molar-refractivity contribution >= 4 is 34.7 Å². The Morgan fingerprint density at radius 2 is 0.931 bits per heavy atom. The van der Waals surface area contributed by atoms with Crippen LogP contribution in [0.5, 0.6) is 0 Å². The first-order chi connectivity index (χ1) is 35.4. The number of allylic oxidation sites excluding steroid dienone is 2. The lowest BCUT2D eigenvalue weighted by Gasteiger charge is -2.25. The summed E-state index contributed by atoms with van der Waals surface area (Å²) in [5.74, 6) is 0. The molecule has 0 bridgehead atoms. The number of amides is 2. The minimum Gasteiger partial charge on any atom is -0.449 e. The van der Waals surface area contributed by atoms with Gasteiger partial charge in [0, 0.05) is 37.7 Å². The van der Waals surface area contributed by atoms with E-state index in [4.69, 9.17) is 18.9 Å². The van der Waals surface area contributed by atoms with Crippen LogP contribution in [0.1, 0.15) is 106 Å². The van der Waals surface area contributed by atoms with Gasteiger partial charge in [0.05, 0.1) is 19.8 Å². The van der Waals surface area contributed by atoms with Crippen molar-refractivity contribution in [3.05, 3.63) is 214 Å². The van der Waals surface area contributed by atoms with Gasteiger partial charge in [-0.3, -0.25) is 9.80 Å². The molecule has 0 radical (unpaired) electrons. The summed E-state index contributed by atoms with van der Waals surface area (Å²) in [4.78, 5) is 28.6. The molecule has 0 saturated carbocycles. The zero-order chi connectivity index (χ0) is 50.8. The lowest BCUT2D eigenvalue weighted by molar-refractivity contribution is -0.162. The van der Waals surface area contributed by atoms with Crippen LogP contribution >= 0.6 is 0 Å². The van der Waals surface area contributed by atoms with Crippen LogP contribution in [0.3, 0.4) is 0 Å². The molecule has 1 saturated heterocycles. The zero-order valence-corrected chi connectivity index (χ0v) is 42.8. The van der Waals surface area contributed by atoms with Crippen LogP contribution in [0.2, 0.25) is 0 Å². The van der Waals surface area contributed by atoms with Crippen molar-refractivity contribution in [1.29, 1.82) is 0 Å². The average Bonchev–Trinajstić information content (AvgIpc) is 3.43. The topological polar surface area (TPSA) is 97.8 Å². The van der Waals surface area contributed by atoms with Crippen molar-refractivity contribution < 1.29 is 33.6 Å². The van der Waals surface area contributed by atoms with E-state index in [1.54, 1.807) is 16.7 Å². The summed E-state index contributed by atoms with van der Waals surface area (Å²) in [6.07, 6.45) is 7.16. The van der Waals surface area contributed by atoms with Crippen molar-refractivity contribution in [3.8, 4) is 0 Å². The molecule has 9 nitrogen and oxygen atoms in total. The number of aliphatic hydroxyl groups is 1. The summed E-state index contributed by atoms with van der Waals surface area (Å²) in [6, 6.07) is 58.5. The fourth-order valence-electron chi connectivity index (χ4n) is 9.00. The van der Waals surface area contributed by atoms with Crippen LogP contribution in [0.25, 0.3) is 11.1 Å². The Labute approximate surface area is 428 Å². The predicted octanol–water partition coefficient (Wildman–Crippen LogP) is 14.5. The number of nitrogens with zero attached hydrogens (tertiary/aromatic N) is 2. The summed E-state index contributed by atoms with van der Waals surface area (Å²) in [7, 11) is 0. The van der Waals surface area contributed by atoms with E-state index in [9.17, 15) is 14.7 Å². The molecule has 2 amide bonds. The second-order valence-corrected chi connectivity index (χ2v) is 17.6. The number of aliphatic hydroxyl groups excluding tert-OH is 1. The molecule has 1 unspecified atom stereocenters. The van der Waals surface area contributed by atoms with Gasteiger partial charge in [-0.05, 0) is 140 Å². The first-order valence-electron chi connectivity index (χ1n) is 25.9. The lowest BCUT2D eigenvalue weighted by Crippen LogP contribution is -2.33. The van der Waals surface area contributed by atoms with Gasteiger partial charge in [0.15, 0.2) is 6.29 Å². The van der Waals surface area contributed by atoms with E-state index in [2.05, 4.69) is 141 Å². The number of ether oxygens (including phenoxy) is 4. The summed E-state index contributed by atoms with van der Waals surface area (Å²) in [5, 5.41) is 9.24. The van der Waals surface area contributed by atoms with E-state index in [1.807, 2.05) is 49.4 Å². The Balaban J connectivity index is 0.000000239. The molecule has 0 aromatic heterocycles. The lowest BCUT2D eigenvalue weighted by atomic mass is 9.88. The molecular formula is C63H74N2O7. The van der Waals surface area contributed by atoms with Crippen LogP contribution in [-0.2, 0) is 31.8 Å². The summed E-state index contributed by atoms with van der Waals surface area (Å²) < 4.78 is 22.2. The second-order valence-electron chi connectivity index (χ2n) is 17.6. The summed E-state index contributed by atoms with van der Waals surface area (Å²) in [6.45, 7) is 10.9. The van der Waals surface area contributed by atoms with Gasteiger partial charge in [-0.1, -0.05) is 171 Å². The summed E-state index contributed by atoms with van der Waals surface area (Å²) in [5.41, 5.74) is 14.0. The quantitative estimate of drug-likeness (QED) is 0.0677. The van der Waals surface area contributed by atoms with E-state index in [-0.39, 0.29) is 19.0 Å². The number of anilines is 2. The van der Waals surface area contributed by atoms with Gasteiger partial charge in [-0.2, -0.15) is 0 Å². The number of rotatable bonds is 22. The fraction of sp³-hybridized carbons (Fsp3) is 0.333. The Morgan fingerprint density at radius 1 is 0.528 bits per heavy atom. The van der Waals surface area contributed by atoms with E-state index in [0.717, 1.165) is 74.1 Å². The number of carbonyl (C=O) groups excluding carboxylic acids is 2. The van der Waals surface area contributed by atoms with Crippen LogP contribution < -0.4 is 9.80 Å². The van der Waals surface area contributed by atoms with Crippen LogP contribution in [0.4, 0.5) is 21.0 Å². The highest BCUT2D eigenvalue weighted by atomic mass is 16.7. The van der Waals surface area contributed by atoms with Gasteiger partial charge in [-0.15, -0.1) is 0 Å². The van der Waals surface area contributed by atoms with Crippen molar-refractivity contribution in [3.63, 3.8) is 0 Å². The Kier molecular flexibility index (Phi) is 22.9. The maximum Gasteiger partial charge on any atom is 0.414 e. The van der Waals surface area contributed by atoms with Gasteiger partial charge in [-0.25, -0.2) is 9.59 Å². The molecule has 6 aromatic carbocycles. The molecule has 6 aromatic rings. The maximum atomic E-state index is 12.9. The number of benzene rings is 6. The van der Waals surface area contributed by atoms with Crippen LogP contribution in [0, 0.1) is 0 Å². The van der Waals surface area contributed by atoms with Crippen molar-refractivity contribution in [2.24, 2.45) is 0 Å². The molecule has 1 aliphatic rings. The maximum absolute atomic E-state index is 12.9. The van der Waals surface area contributed by atoms with E-state index >= 15 is 0 Å². The fourth-order valence-corrected chi connectivity index (χ4v) is 9.00. The van der Waals surface area contributed by atoms with E-state index in [0.29, 0.717) is 45.8 Å². The molecule has 1 aliphatic heterocycles. The van der Waals surface area contributed by atoms with Crippen molar-refractivity contribution in [2.45, 2.75) is 91.8 Å². The predicted molar refractivity (Wildman–Crippen MR) is 293 cm³/mol. The van der Waals surface area contributed by atoms with Crippen molar-refractivity contribution in [2.75, 3.05) is 55.9 Å². The van der Waals surface area contributed by atoms with Gasteiger partial charge in [0.25, 0.3) is 0 Å². The van der Waals surface area contributed by atoms with Crippen LogP contribution in [0.15, 0.2) is 181 Å². The van der Waals surface area contributed by atoms with Crippen molar-refractivity contribution in [1.82, 2.24) is 0 Å². The first-order valence-corrected chi connectivity index (χ1v) is 25.9. The average molecular weight is 971 g/mol. The highest BCUT2D eigenvalue weighted by molar-refractivity contribution is 5.90. The monoisotopic (exact) mass is 971 g/mol. The highest BCUT2D eigenvalue weighted by Gasteiger charge is 2.21. The van der Waals surface area contributed by atoms with Gasteiger partial charge in [0.2, 0.25) is 0 Å². The van der Waals surface area contributed by atoms with E-state index < -0.39 is 6.09 Å². The normalized spacial score (nSPS) is 13.9. The molecule has 0 aliphatic carbocycles. The van der Waals surface area contributed by atoms with Gasteiger partial charge < -0.3 is 24.1 Å². The number of hydrogen-bond acceptors (Lipinski definition) is 7. The molecule has 1 heterocycles.